The second-order valence-electron chi connectivity index (χ2n) is 4.42. The maximum Gasteiger partial charge on any atom is 0.201 e. The smallest absolute Gasteiger partial charge is 0.201 e. The lowest BCUT2D eigenvalue weighted by molar-refractivity contribution is 0.324. The molecule has 1 aliphatic carbocycles. The van der Waals surface area contributed by atoms with Crippen molar-refractivity contribution < 1.29 is 0 Å². The first-order chi connectivity index (χ1) is 7.25. The van der Waals surface area contributed by atoms with Crippen molar-refractivity contribution in [2.45, 2.75) is 32.2 Å². The van der Waals surface area contributed by atoms with Gasteiger partial charge in [0.15, 0.2) is 0 Å². The molecule has 0 spiro atoms. The molecule has 1 aromatic heterocycles. The number of hydrogen-bond donors (Lipinski definition) is 1. The Morgan fingerprint density at radius 3 is 2.87 bits per heavy atom. The third kappa shape index (κ3) is 1.23. The van der Waals surface area contributed by atoms with Gasteiger partial charge in [0.1, 0.15) is 0 Å². The predicted octanol–water partition coefficient (Wildman–Crippen LogP) is 2.65. The summed E-state index contributed by atoms with van der Waals surface area (Å²) in [6.07, 6.45) is 3.79. The number of nitrogens with zero attached hydrogens (tertiary/aromatic N) is 2. The van der Waals surface area contributed by atoms with E-state index in [0.717, 1.165) is 5.52 Å². The molecule has 78 valence electrons. The van der Waals surface area contributed by atoms with Crippen LogP contribution < -0.4 is 5.73 Å². The Morgan fingerprint density at radius 2 is 2.20 bits per heavy atom. The van der Waals surface area contributed by atoms with Crippen LogP contribution in [0.5, 0.6) is 0 Å². The predicted molar refractivity (Wildman–Crippen MR) is 61.8 cm³/mol. The zero-order valence-corrected chi connectivity index (χ0v) is 8.90. The molecule has 1 aromatic carbocycles. The van der Waals surface area contributed by atoms with Crippen LogP contribution >= 0.6 is 0 Å². The molecule has 0 radical (unpaired) electrons. The zero-order chi connectivity index (χ0) is 10.4. The van der Waals surface area contributed by atoms with Crippen LogP contribution in [-0.4, -0.2) is 9.55 Å². The van der Waals surface area contributed by atoms with E-state index in [-0.39, 0.29) is 0 Å². The molecular weight excluding hydrogens is 186 g/mol. The quantitative estimate of drug-likeness (QED) is 0.770. The van der Waals surface area contributed by atoms with Crippen LogP contribution in [-0.2, 0) is 0 Å². The first-order valence-electron chi connectivity index (χ1n) is 5.50. The fourth-order valence-electron chi connectivity index (χ4n) is 2.26. The Labute approximate surface area is 88.9 Å². The Balaban J connectivity index is 2.23. The Hall–Kier alpha value is -1.51. The third-order valence-corrected chi connectivity index (χ3v) is 3.31. The number of fused-ring (bicyclic) bond motifs is 1. The summed E-state index contributed by atoms with van der Waals surface area (Å²) in [7, 11) is 0. The molecule has 1 aliphatic rings. The highest BCUT2D eigenvalue weighted by Crippen LogP contribution is 2.36. The molecular formula is C12H15N3. The molecule has 0 atom stereocenters. The zero-order valence-electron chi connectivity index (χ0n) is 8.90. The number of nitrogen functional groups attached to an aromatic ring is 1. The lowest BCUT2D eigenvalue weighted by atomic mass is 9.93. The average Bonchev–Trinajstić information content (AvgIpc) is 2.40. The van der Waals surface area contributed by atoms with E-state index in [1.165, 1.54) is 30.3 Å². The largest absolute Gasteiger partial charge is 0.369 e. The fraction of sp³-hybridized carbons (Fsp3) is 0.417. The minimum absolute atomic E-state index is 0.581. The number of anilines is 1. The topological polar surface area (TPSA) is 43.8 Å². The summed E-state index contributed by atoms with van der Waals surface area (Å²) in [6.45, 7) is 2.08. The molecule has 2 N–H and O–H groups in total. The molecule has 2 aromatic rings. The van der Waals surface area contributed by atoms with Crippen molar-refractivity contribution in [1.29, 1.82) is 0 Å². The van der Waals surface area contributed by atoms with Crippen molar-refractivity contribution in [3.63, 3.8) is 0 Å². The van der Waals surface area contributed by atoms with Gasteiger partial charge >= 0.3 is 0 Å². The molecule has 3 nitrogen and oxygen atoms in total. The maximum atomic E-state index is 5.97. The summed E-state index contributed by atoms with van der Waals surface area (Å²) in [5.41, 5.74) is 9.41. The molecule has 1 heterocycles. The molecule has 0 saturated heterocycles. The van der Waals surface area contributed by atoms with E-state index in [1.54, 1.807) is 0 Å². The minimum atomic E-state index is 0.581. The van der Waals surface area contributed by atoms with Gasteiger partial charge in [-0.3, -0.25) is 0 Å². The molecule has 0 amide bonds. The number of nitrogens with two attached hydrogens (primary N) is 1. The van der Waals surface area contributed by atoms with Crippen LogP contribution in [0.25, 0.3) is 11.0 Å². The number of imidazole rings is 1. The van der Waals surface area contributed by atoms with Gasteiger partial charge in [-0.1, -0.05) is 6.07 Å². The number of aryl methyl sites for hydroxylation is 1. The monoisotopic (exact) mass is 201 g/mol. The molecule has 3 heteroatoms. The summed E-state index contributed by atoms with van der Waals surface area (Å²) < 4.78 is 2.19. The van der Waals surface area contributed by atoms with Crippen molar-refractivity contribution >= 4 is 17.0 Å². The van der Waals surface area contributed by atoms with Crippen molar-refractivity contribution in [3.05, 3.63) is 23.8 Å². The highest BCUT2D eigenvalue weighted by molar-refractivity contribution is 5.79. The lowest BCUT2D eigenvalue weighted by Crippen LogP contribution is -2.18. The van der Waals surface area contributed by atoms with E-state index in [2.05, 4.69) is 34.7 Å². The van der Waals surface area contributed by atoms with Crippen LogP contribution in [0.1, 0.15) is 30.9 Å². The van der Waals surface area contributed by atoms with Gasteiger partial charge in [-0.25, -0.2) is 4.98 Å². The molecule has 1 fully saturated rings. The van der Waals surface area contributed by atoms with Crippen molar-refractivity contribution in [3.8, 4) is 0 Å². The summed E-state index contributed by atoms with van der Waals surface area (Å²) >= 11 is 0. The molecule has 1 saturated carbocycles. The molecule has 0 bridgehead atoms. The van der Waals surface area contributed by atoms with E-state index in [1.807, 2.05) is 0 Å². The van der Waals surface area contributed by atoms with Gasteiger partial charge in [0.2, 0.25) is 5.95 Å². The van der Waals surface area contributed by atoms with Gasteiger partial charge in [0.05, 0.1) is 11.0 Å². The van der Waals surface area contributed by atoms with Gasteiger partial charge < -0.3 is 10.3 Å². The first kappa shape index (κ1) is 8.77. The second kappa shape index (κ2) is 2.99. The number of hydrogen-bond acceptors (Lipinski definition) is 2. The van der Waals surface area contributed by atoms with E-state index < -0.39 is 0 Å². The summed E-state index contributed by atoms with van der Waals surface area (Å²) in [4.78, 5) is 4.42. The van der Waals surface area contributed by atoms with Crippen LogP contribution in [0, 0.1) is 6.92 Å². The molecule has 0 unspecified atom stereocenters. The van der Waals surface area contributed by atoms with Crippen molar-refractivity contribution in [1.82, 2.24) is 9.55 Å². The Morgan fingerprint density at radius 1 is 1.40 bits per heavy atom. The van der Waals surface area contributed by atoms with Crippen LogP contribution in [0.2, 0.25) is 0 Å². The Kier molecular flexibility index (Phi) is 1.75. The summed E-state index contributed by atoms with van der Waals surface area (Å²) in [5, 5.41) is 0. The van der Waals surface area contributed by atoms with Gasteiger partial charge in [0, 0.05) is 6.04 Å². The summed E-state index contributed by atoms with van der Waals surface area (Å²) in [6, 6.07) is 6.93. The average molecular weight is 201 g/mol. The SMILES string of the molecule is Cc1ccc2c(c1)nc(N)n2C1CCC1. The fourth-order valence-corrected chi connectivity index (χ4v) is 2.26. The normalized spacial score (nSPS) is 16.9. The summed E-state index contributed by atoms with van der Waals surface area (Å²) in [5.74, 6) is 0.667. The highest BCUT2D eigenvalue weighted by atomic mass is 15.2. The Bertz CT molecular complexity index is 509. The minimum Gasteiger partial charge on any atom is -0.369 e. The molecule has 0 aliphatic heterocycles. The maximum absolute atomic E-state index is 5.97. The van der Waals surface area contributed by atoms with Gasteiger partial charge in [-0.05, 0) is 43.9 Å². The van der Waals surface area contributed by atoms with Crippen LogP contribution in [0.15, 0.2) is 18.2 Å². The van der Waals surface area contributed by atoms with E-state index in [9.17, 15) is 0 Å². The highest BCUT2D eigenvalue weighted by Gasteiger charge is 2.23. The third-order valence-electron chi connectivity index (χ3n) is 3.31. The van der Waals surface area contributed by atoms with E-state index in [4.69, 9.17) is 5.73 Å². The van der Waals surface area contributed by atoms with Gasteiger partial charge in [-0.2, -0.15) is 0 Å². The number of rotatable bonds is 1. The standard InChI is InChI=1S/C12H15N3/c1-8-5-6-11-10(7-8)14-12(13)15(11)9-3-2-4-9/h5-7,9H,2-4H2,1H3,(H2,13,14). The molecule has 3 rings (SSSR count). The van der Waals surface area contributed by atoms with E-state index in [0.29, 0.717) is 12.0 Å². The van der Waals surface area contributed by atoms with Crippen molar-refractivity contribution in [2.24, 2.45) is 0 Å². The van der Waals surface area contributed by atoms with Crippen LogP contribution in [0.4, 0.5) is 5.95 Å². The van der Waals surface area contributed by atoms with Crippen molar-refractivity contribution in [2.75, 3.05) is 5.73 Å². The van der Waals surface area contributed by atoms with Gasteiger partial charge in [0.25, 0.3) is 0 Å². The van der Waals surface area contributed by atoms with Gasteiger partial charge in [-0.15, -0.1) is 0 Å². The lowest BCUT2D eigenvalue weighted by Gasteiger charge is -2.28. The number of benzene rings is 1. The first-order valence-corrected chi connectivity index (χ1v) is 5.50. The second-order valence-corrected chi connectivity index (χ2v) is 4.42. The van der Waals surface area contributed by atoms with E-state index >= 15 is 0 Å². The van der Waals surface area contributed by atoms with Crippen LogP contribution in [0.3, 0.4) is 0 Å². The number of aromatic nitrogens is 2. The molecule has 15 heavy (non-hydrogen) atoms.